The van der Waals surface area contributed by atoms with E-state index in [1.54, 1.807) is 25.1 Å². The van der Waals surface area contributed by atoms with Crippen LogP contribution in [0.4, 0.5) is 11.6 Å². The molecule has 3 aromatic rings. The van der Waals surface area contributed by atoms with Crippen molar-refractivity contribution in [2.75, 3.05) is 10.0 Å². The first-order chi connectivity index (χ1) is 13.8. The normalized spacial score (nSPS) is 12.2. The van der Waals surface area contributed by atoms with Gasteiger partial charge in [0.25, 0.3) is 10.0 Å². The largest absolute Gasteiger partial charge is 0.326 e. The Bertz CT molecular complexity index is 1080. The fourth-order valence-electron chi connectivity index (χ4n) is 2.78. The van der Waals surface area contributed by atoms with Gasteiger partial charge in [0.15, 0.2) is 0 Å². The van der Waals surface area contributed by atoms with Crippen molar-refractivity contribution in [3.05, 3.63) is 78.1 Å². The summed E-state index contributed by atoms with van der Waals surface area (Å²) in [5.74, 6) is -0.0464. The molecule has 1 amide bonds. The lowest BCUT2D eigenvalue weighted by Gasteiger charge is -2.12. The van der Waals surface area contributed by atoms with Crippen LogP contribution < -0.4 is 10.0 Å². The summed E-state index contributed by atoms with van der Waals surface area (Å²) in [6, 6.07) is 17.4. The number of nitrogens with zero attached hydrogens (tertiary/aromatic N) is 2. The molecule has 1 aromatic heterocycles. The molecule has 3 rings (SSSR count). The Labute approximate surface area is 170 Å². The van der Waals surface area contributed by atoms with Crippen molar-refractivity contribution < 1.29 is 13.2 Å². The molecule has 2 aromatic carbocycles. The summed E-state index contributed by atoms with van der Waals surface area (Å²) < 4.78 is 27.3. The predicted octanol–water partition coefficient (Wildman–Crippen LogP) is 3.72. The van der Waals surface area contributed by atoms with Crippen LogP contribution in [0.15, 0.2) is 71.8 Å². The summed E-state index contributed by atoms with van der Waals surface area (Å²) in [7, 11) is -3.82. The number of amides is 1. The van der Waals surface area contributed by atoms with Crippen molar-refractivity contribution in [2.45, 2.75) is 31.1 Å². The van der Waals surface area contributed by atoms with Crippen molar-refractivity contribution >= 4 is 27.6 Å². The van der Waals surface area contributed by atoms with E-state index in [-0.39, 0.29) is 22.7 Å². The number of aromatic nitrogens is 2. The first kappa shape index (κ1) is 20.5. The van der Waals surface area contributed by atoms with E-state index in [0.29, 0.717) is 17.8 Å². The fourth-order valence-corrected chi connectivity index (χ4v) is 3.74. The Balaban J connectivity index is 1.62. The van der Waals surface area contributed by atoms with Gasteiger partial charge >= 0.3 is 0 Å². The average Bonchev–Trinajstić information content (AvgIpc) is 2.68. The summed E-state index contributed by atoms with van der Waals surface area (Å²) in [6.45, 7) is 3.74. The van der Waals surface area contributed by atoms with Crippen molar-refractivity contribution in [3.63, 3.8) is 0 Å². The molecule has 0 aliphatic rings. The number of carbonyl (C=O) groups is 1. The molecule has 150 valence electrons. The minimum absolute atomic E-state index is 0.0114. The van der Waals surface area contributed by atoms with Crippen LogP contribution in [-0.2, 0) is 14.8 Å². The van der Waals surface area contributed by atoms with Crippen LogP contribution in [0.25, 0.3) is 0 Å². The SMILES string of the molecule is Cc1ccnc(NS(=O)(=O)c2ccc(NC(=O)C[C@H](C)c3ccccc3)cc2)n1. The van der Waals surface area contributed by atoms with E-state index < -0.39 is 10.0 Å². The number of aryl methyl sites for hydroxylation is 1. The molecule has 0 saturated heterocycles. The maximum atomic E-state index is 12.5. The van der Waals surface area contributed by atoms with Gasteiger partial charge in [0, 0.05) is 24.0 Å². The number of anilines is 2. The Morgan fingerprint density at radius 3 is 2.38 bits per heavy atom. The summed E-state index contributed by atoms with van der Waals surface area (Å²) in [6.07, 6.45) is 1.81. The lowest BCUT2D eigenvalue weighted by molar-refractivity contribution is -0.116. The number of sulfonamides is 1. The Kier molecular flexibility index (Phi) is 6.23. The van der Waals surface area contributed by atoms with Crippen molar-refractivity contribution in [1.29, 1.82) is 0 Å². The van der Waals surface area contributed by atoms with Gasteiger partial charge in [0.05, 0.1) is 4.90 Å². The molecule has 0 spiro atoms. The molecule has 0 bridgehead atoms. The molecule has 0 unspecified atom stereocenters. The third kappa shape index (κ3) is 5.61. The van der Waals surface area contributed by atoms with E-state index in [9.17, 15) is 13.2 Å². The zero-order valence-electron chi connectivity index (χ0n) is 16.2. The monoisotopic (exact) mass is 410 g/mol. The number of hydrogen-bond donors (Lipinski definition) is 2. The van der Waals surface area contributed by atoms with Crippen LogP contribution in [0.3, 0.4) is 0 Å². The predicted molar refractivity (Wildman–Crippen MR) is 112 cm³/mol. The third-order valence-electron chi connectivity index (χ3n) is 4.33. The van der Waals surface area contributed by atoms with Crippen LogP contribution >= 0.6 is 0 Å². The van der Waals surface area contributed by atoms with Gasteiger partial charge in [-0.25, -0.2) is 23.1 Å². The highest BCUT2D eigenvalue weighted by molar-refractivity contribution is 7.92. The van der Waals surface area contributed by atoms with Gasteiger partial charge < -0.3 is 5.32 Å². The van der Waals surface area contributed by atoms with Crippen LogP contribution in [0.2, 0.25) is 0 Å². The Morgan fingerprint density at radius 1 is 1.03 bits per heavy atom. The van der Waals surface area contributed by atoms with Gasteiger partial charge in [0.1, 0.15) is 0 Å². The molecule has 0 radical (unpaired) electrons. The molecule has 1 heterocycles. The van der Waals surface area contributed by atoms with Crippen LogP contribution in [0.1, 0.15) is 30.5 Å². The van der Waals surface area contributed by atoms with Gasteiger partial charge in [-0.1, -0.05) is 37.3 Å². The molecule has 8 heteroatoms. The maximum absolute atomic E-state index is 12.5. The maximum Gasteiger partial charge on any atom is 0.264 e. The molecule has 1 atom stereocenters. The van der Waals surface area contributed by atoms with Gasteiger partial charge in [0.2, 0.25) is 11.9 Å². The van der Waals surface area contributed by atoms with E-state index in [1.165, 1.54) is 18.3 Å². The van der Waals surface area contributed by atoms with E-state index >= 15 is 0 Å². The van der Waals surface area contributed by atoms with Crippen LogP contribution in [-0.4, -0.2) is 24.3 Å². The zero-order chi connectivity index (χ0) is 20.9. The van der Waals surface area contributed by atoms with Gasteiger partial charge in [-0.3, -0.25) is 4.79 Å². The highest BCUT2D eigenvalue weighted by atomic mass is 32.2. The fraction of sp³-hybridized carbons (Fsp3) is 0.190. The molecule has 2 N–H and O–H groups in total. The zero-order valence-corrected chi connectivity index (χ0v) is 17.0. The third-order valence-corrected chi connectivity index (χ3v) is 5.67. The quantitative estimate of drug-likeness (QED) is 0.618. The highest BCUT2D eigenvalue weighted by Crippen LogP contribution is 2.20. The van der Waals surface area contributed by atoms with E-state index in [1.807, 2.05) is 37.3 Å². The van der Waals surface area contributed by atoms with Crippen molar-refractivity contribution in [1.82, 2.24) is 9.97 Å². The number of nitrogens with one attached hydrogen (secondary N) is 2. The molecule has 0 aliphatic carbocycles. The second kappa shape index (κ2) is 8.83. The highest BCUT2D eigenvalue weighted by Gasteiger charge is 2.16. The molecule has 0 aliphatic heterocycles. The lowest BCUT2D eigenvalue weighted by Crippen LogP contribution is -2.16. The molecule has 29 heavy (non-hydrogen) atoms. The molecule has 0 fully saturated rings. The topological polar surface area (TPSA) is 101 Å². The first-order valence-corrected chi connectivity index (χ1v) is 10.6. The van der Waals surface area contributed by atoms with E-state index in [4.69, 9.17) is 0 Å². The van der Waals surface area contributed by atoms with E-state index in [2.05, 4.69) is 20.0 Å². The van der Waals surface area contributed by atoms with Gasteiger partial charge in [-0.15, -0.1) is 0 Å². The first-order valence-electron chi connectivity index (χ1n) is 9.11. The lowest BCUT2D eigenvalue weighted by atomic mass is 9.97. The Hall–Kier alpha value is -3.26. The number of carbonyl (C=O) groups excluding carboxylic acids is 1. The summed E-state index contributed by atoms with van der Waals surface area (Å²) in [4.78, 5) is 20.3. The second-order valence-corrected chi connectivity index (χ2v) is 8.40. The Morgan fingerprint density at radius 2 is 1.72 bits per heavy atom. The number of hydrogen-bond acceptors (Lipinski definition) is 5. The van der Waals surface area contributed by atoms with Crippen LogP contribution in [0.5, 0.6) is 0 Å². The van der Waals surface area contributed by atoms with Gasteiger partial charge in [-0.05, 0) is 48.7 Å². The summed E-state index contributed by atoms with van der Waals surface area (Å²) in [5, 5.41) is 2.80. The van der Waals surface area contributed by atoms with Crippen LogP contribution in [0, 0.1) is 6.92 Å². The minimum Gasteiger partial charge on any atom is -0.326 e. The van der Waals surface area contributed by atoms with Crippen molar-refractivity contribution in [2.24, 2.45) is 0 Å². The van der Waals surface area contributed by atoms with Crippen molar-refractivity contribution in [3.8, 4) is 0 Å². The molecule has 0 saturated carbocycles. The average molecular weight is 410 g/mol. The summed E-state index contributed by atoms with van der Waals surface area (Å²) >= 11 is 0. The van der Waals surface area contributed by atoms with E-state index in [0.717, 1.165) is 5.56 Å². The van der Waals surface area contributed by atoms with Gasteiger partial charge in [-0.2, -0.15) is 0 Å². The smallest absolute Gasteiger partial charge is 0.264 e. The number of benzene rings is 2. The standard InChI is InChI=1S/C21H22N4O3S/c1-15(17-6-4-3-5-7-17)14-20(26)24-18-8-10-19(11-9-18)29(27,28)25-21-22-13-12-16(2)23-21/h3-13,15H,14H2,1-2H3,(H,24,26)(H,22,23,25)/t15-/m0/s1. The molecule has 7 nitrogen and oxygen atoms in total. The summed E-state index contributed by atoms with van der Waals surface area (Å²) in [5.41, 5.74) is 2.27. The molecular weight excluding hydrogens is 388 g/mol. The number of rotatable bonds is 7. The molecular formula is C21H22N4O3S. The minimum atomic E-state index is -3.82. The second-order valence-electron chi connectivity index (χ2n) is 6.72.